The maximum Gasteiger partial charge on any atom is 0.234 e. The van der Waals surface area contributed by atoms with E-state index in [1.54, 1.807) is 13.8 Å². The fourth-order valence-electron chi connectivity index (χ4n) is 1.35. The largest absolute Gasteiger partial charge is 0.369 e. The Labute approximate surface area is 104 Å². The molecule has 0 aliphatic rings. The highest BCUT2D eigenvalue weighted by Gasteiger charge is 2.24. The Balaban J connectivity index is 3.90. The van der Waals surface area contributed by atoms with E-state index in [1.165, 1.54) is 0 Å². The number of carbonyl (C=O) groups is 2. The second-order valence-electron chi connectivity index (χ2n) is 4.93. The highest BCUT2D eigenvalue weighted by atomic mass is 16.2. The van der Waals surface area contributed by atoms with Crippen molar-refractivity contribution in [3.05, 3.63) is 0 Å². The Hall–Kier alpha value is -1.10. The molecule has 0 bridgehead atoms. The molecule has 0 spiro atoms. The summed E-state index contributed by atoms with van der Waals surface area (Å²) in [5.41, 5.74) is 4.60. The molecular weight excluding hydrogens is 218 g/mol. The molecule has 0 rings (SSSR count). The highest BCUT2D eigenvalue weighted by Crippen LogP contribution is 2.11. The minimum absolute atomic E-state index is 0.0426. The first-order valence-corrected chi connectivity index (χ1v) is 6.13. The zero-order valence-electron chi connectivity index (χ0n) is 11.3. The summed E-state index contributed by atoms with van der Waals surface area (Å²) >= 11 is 0. The molecule has 100 valence electrons. The van der Waals surface area contributed by atoms with Gasteiger partial charge < -0.3 is 16.4 Å². The molecule has 0 heterocycles. The van der Waals surface area contributed by atoms with Crippen molar-refractivity contribution in [2.24, 2.45) is 11.1 Å². The number of rotatable bonds is 8. The van der Waals surface area contributed by atoms with E-state index < -0.39 is 5.41 Å². The van der Waals surface area contributed by atoms with Crippen LogP contribution in [0.5, 0.6) is 0 Å². The summed E-state index contributed by atoms with van der Waals surface area (Å²) in [7, 11) is 0. The van der Waals surface area contributed by atoms with Crippen molar-refractivity contribution in [1.29, 1.82) is 0 Å². The summed E-state index contributed by atoms with van der Waals surface area (Å²) in [4.78, 5) is 22.6. The number of nitrogens with two attached hydrogens (primary N) is 1. The summed E-state index contributed by atoms with van der Waals surface area (Å²) in [5, 5.41) is 5.86. The summed E-state index contributed by atoms with van der Waals surface area (Å²) in [6.07, 6.45) is 1.85. The number of hydrogen-bond donors (Lipinski definition) is 3. The summed E-state index contributed by atoms with van der Waals surface area (Å²) in [6, 6.07) is 0.230. The van der Waals surface area contributed by atoms with Crippen LogP contribution in [0, 0.1) is 5.41 Å². The van der Waals surface area contributed by atoms with Crippen molar-refractivity contribution in [3.63, 3.8) is 0 Å². The Bertz CT molecular complexity index is 260. The van der Waals surface area contributed by atoms with Gasteiger partial charge in [-0.2, -0.15) is 0 Å². The lowest BCUT2D eigenvalue weighted by molar-refractivity contribution is -0.126. The van der Waals surface area contributed by atoms with Gasteiger partial charge >= 0.3 is 0 Å². The lowest BCUT2D eigenvalue weighted by Crippen LogP contribution is -2.45. The van der Waals surface area contributed by atoms with Crippen molar-refractivity contribution >= 4 is 11.8 Å². The van der Waals surface area contributed by atoms with Gasteiger partial charge in [-0.25, -0.2) is 0 Å². The third kappa shape index (κ3) is 6.26. The van der Waals surface area contributed by atoms with E-state index in [2.05, 4.69) is 10.6 Å². The van der Waals surface area contributed by atoms with Crippen LogP contribution in [0.4, 0.5) is 0 Å². The van der Waals surface area contributed by atoms with Crippen LogP contribution in [-0.4, -0.2) is 30.9 Å². The quantitative estimate of drug-likeness (QED) is 0.576. The molecule has 5 heteroatoms. The molecule has 0 aliphatic heterocycles. The van der Waals surface area contributed by atoms with Crippen LogP contribution in [0.25, 0.3) is 0 Å². The van der Waals surface area contributed by atoms with Crippen LogP contribution in [0.15, 0.2) is 0 Å². The van der Waals surface area contributed by atoms with Crippen molar-refractivity contribution in [2.45, 2.75) is 46.6 Å². The van der Waals surface area contributed by atoms with Crippen LogP contribution < -0.4 is 16.4 Å². The predicted molar refractivity (Wildman–Crippen MR) is 68.4 cm³/mol. The third-order valence-electron chi connectivity index (χ3n) is 2.87. The molecule has 0 saturated heterocycles. The van der Waals surface area contributed by atoms with Crippen LogP contribution in [0.2, 0.25) is 0 Å². The van der Waals surface area contributed by atoms with E-state index in [1.807, 2.05) is 13.8 Å². The maximum absolute atomic E-state index is 11.5. The molecule has 0 aromatic rings. The van der Waals surface area contributed by atoms with Gasteiger partial charge in [0.05, 0.1) is 12.0 Å². The molecule has 0 atom stereocenters. The average molecular weight is 243 g/mol. The normalized spacial score (nSPS) is 11.6. The molecule has 0 radical (unpaired) electrons. The Morgan fingerprint density at radius 2 is 1.76 bits per heavy atom. The van der Waals surface area contributed by atoms with E-state index >= 15 is 0 Å². The Morgan fingerprint density at radius 3 is 2.18 bits per heavy atom. The van der Waals surface area contributed by atoms with Crippen molar-refractivity contribution < 1.29 is 9.59 Å². The van der Waals surface area contributed by atoms with Gasteiger partial charge in [0.25, 0.3) is 0 Å². The van der Waals surface area contributed by atoms with Crippen molar-refractivity contribution in [1.82, 2.24) is 10.6 Å². The number of primary amides is 1. The fourth-order valence-corrected chi connectivity index (χ4v) is 1.35. The van der Waals surface area contributed by atoms with Gasteiger partial charge in [-0.1, -0.05) is 13.8 Å². The summed E-state index contributed by atoms with van der Waals surface area (Å²) < 4.78 is 0. The SMILES string of the molecule is CCC(CC)NC(=O)CNCC(C)(C)C(N)=O. The second kappa shape index (κ2) is 7.27. The van der Waals surface area contributed by atoms with E-state index in [4.69, 9.17) is 5.73 Å². The first-order chi connectivity index (χ1) is 7.83. The molecule has 0 aromatic carbocycles. The molecule has 2 amide bonds. The zero-order valence-corrected chi connectivity index (χ0v) is 11.3. The number of carbonyl (C=O) groups excluding carboxylic acids is 2. The van der Waals surface area contributed by atoms with Crippen molar-refractivity contribution in [3.8, 4) is 0 Å². The molecule has 0 fully saturated rings. The number of amides is 2. The molecule has 0 aromatic heterocycles. The highest BCUT2D eigenvalue weighted by molar-refractivity contribution is 5.80. The minimum atomic E-state index is -0.630. The lowest BCUT2D eigenvalue weighted by Gasteiger charge is -2.21. The molecule has 0 saturated carbocycles. The van der Waals surface area contributed by atoms with E-state index in [0.717, 1.165) is 12.8 Å². The average Bonchev–Trinajstić information content (AvgIpc) is 2.25. The lowest BCUT2D eigenvalue weighted by atomic mass is 9.93. The zero-order chi connectivity index (χ0) is 13.5. The summed E-state index contributed by atoms with van der Waals surface area (Å²) in [5.74, 6) is -0.413. The monoisotopic (exact) mass is 243 g/mol. The van der Waals surface area contributed by atoms with Gasteiger partial charge in [0.1, 0.15) is 0 Å². The molecule has 4 N–H and O–H groups in total. The topological polar surface area (TPSA) is 84.2 Å². The first-order valence-electron chi connectivity index (χ1n) is 6.13. The van der Waals surface area contributed by atoms with E-state index in [0.29, 0.717) is 6.54 Å². The molecule has 5 nitrogen and oxygen atoms in total. The Kier molecular flexibility index (Phi) is 6.80. The predicted octanol–water partition coefficient (Wildman–Crippen LogP) is 0.392. The first kappa shape index (κ1) is 15.9. The maximum atomic E-state index is 11.5. The third-order valence-corrected chi connectivity index (χ3v) is 2.87. The van der Waals surface area contributed by atoms with E-state index in [9.17, 15) is 9.59 Å². The number of hydrogen-bond acceptors (Lipinski definition) is 3. The molecule has 17 heavy (non-hydrogen) atoms. The smallest absolute Gasteiger partial charge is 0.234 e. The van der Waals surface area contributed by atoms with Crippen LogP contribution in [-0.2, 0) is 9.59 Å². The van der Waals surface area contributed by atoms with Crippen LogP contribution in [0.3, 0.4) is 0 Å². The fraction of sp³-hybridized carbons (Fsp3) is 0.833. The minimum Gasteiger partial charge on any atom is -0.369 e. The van der Waals surface area contributed by atoms with Gasteiger partial charge in [0.15, 0.2) is 0 Å². The van der Waals surface area contributed by atoms with Crippen molar-refractivity contribution in [2.75, 3.05) is 13.1 Å². The van der Waals surface area contributed by atoms with Gasteiger partial charge in [-0.15, -0.1) is 0 Å². The van der Waals surface area contributed by atoms with E-state index in [-0.39, 0.29) is 24.4 Å². The van der Waals surface area contributed by atoms with Gasteiger partial charge in [-0.3, -0.25) is 9.59 Å². The Morgan fingerprint density at radius 1 is 1.24 bits per heavy atom. The van der Waals surface area contributed by atoms with Gasteiger partial charge in [-0.05, 0) is 26.7 Å². The summed E-state index contributed by atoms with van der Waals surface area (Å²) in [6.45, 7) is 8.20. The van der Waals surface area contributed by atoms with Crippen LogP contribution >= 0.6 is 0 Å². The molecule has 0 aliphatic carbocycles. The standard InChI is InChI=1S/C12H25N3O2/c1-5-9(6-2)15-10(16)7-14-8-12(3,4)11(13)17/h9,14H,5-8H2,1-4H3,(H2,13,17)(H,15,16). The van der Waals surface area contributed by atoms with Gasteiger partial charge in [0, 0.05) is 12.6 Å². The van der Waals surface area contributed by atoms with Crippen LogP contribution in [0.1, 0.15) is 40.5 Å². The van der Waals surface area contributed by atoms with Gasteiger partial charge in [0.2, 0.25) is 11.8 Å². The molecular formula is C12H25N3O2. The second-order valence-corrected chi connectivity index (χ2v) is 4.93. The molecule has 0 unspecified atom stereocenters. The number of nitrogens with one attached hydrogen (secondary N) is 2.